The summed E-state index contributed by atoms with van der Waals surface area (Å²) in [5.74, 6) is 0.883. The van der Waals surface area contributed by atoms with Crippen molar-refractivity contribution in [2.75, 3.05) is 6.54 Å². The van der Waals surface area contributed by atoms with E-state index in [1.165, 1.54) is 19.3 Å². The summed E-state index contributed by atoms with van der Waals surface area (Å²) in [5, 5.41) is 3.55. The van der Waals surface area contributed by atoms with Gasteiger partial charge in [0, 0.05) is 18.6 Å². The standard InChI is InChI=1S/C9H20N2/c1-3-7(2)11-9(6-10)8-4-5-8/h7-9,11H,3-6,10H2,1-2H3. The number of hydrogen-bond donors (Lipinski definition) is 2. The van der Waals surface area contributed by atoms with E-state index in [1.54, 1.807) is 0 Å². The molecule has 1 aliphatic rings. The molecule has 0 aromatic carbocycles. The molecule has 0 aliphatic heterocycles. The third kappa shape index (κ3) is 2.80. The second kappa shape index (κ2) is 4.07. The molecule has 0 aromatic heterocycles. The van der Waals surface area contributed by atoms with Crippen molar-refractivity contribution < 1.29 is 0 Å². The summed E-state index contributed by atoms with van der Waals surface area (Å²) in [4.78, 5) is 0. The number of rotatable bonds is 5. The zero-order valence-corrected chi connectivity index (χ0v) is 7.64. The van der Waals surface area contributed by atoms with E-state index in [4.69, 9.17) is 5.73 Å². The summed E-state index contributed by atoms with van der Waals surface area (Å²) in [5.41, 5.74) is 5.65. The van der Waals surface area contributed by atoms with Gasteiger partial charge in [-0.2, -0.15) is 0 Å². The predicted octanol–water partition coefficient (Wildman–Crippen LogP) is 1.11. The SMILES string of the molecule is CCC(C)NC(CN)C1CC1. The summed E-state index contributed by atoms with van der Waals surface area (Å²) in [7, 11) is 0. The predicted molar refractivity (Wildman–Crippen MR) is 48.5 cm³/mol. The molecule has 0 spiro atoms. The zero-order valence-electron chi connectivity index (χ0n) is 7.64. The molecular formula is C9H20N2. The Balaban J connectivity index is 2.19. The van der Waals surface area contributed by atoms with Crippen molar-refractivity contribution in [3.63, 3.8) is 0 Å². The molecule has 1 aliphatic carbocycles. The van der Waals surface area contributed by atoms with E-state index in [1.807, 2.05) is 0 Å². The van der Waals surface area contributed by atoms with Gasteiger partial charge in [0.15, 0.2) is 0 Å². The van der Waals surface area contributed by atoms with Gasteiger partial charge in [0.2, 0.25) is 0 Å². The van der Waals surface area contributed by atoms with Crippen LogP contribution in [0.5, 0.6) is 0 Å². The maximum atomic E-state index is 5.65. The Bertz CT molecular complexity index is 110. The quantitative estimate of drug-likeness (QED) is 0.626. The van der Waals surface area contributed by atoms with E-state index in [9.17, 15) is 0 Å². The molecule has 0 aromatic rings. The van der Waals surface area contributed by atoms with Crippen LogP contribution in [0.15, 0.2) is 0 Å². The van der Waals surface area contributed by atoms with E-state index < -0.39 is 0 Å². The van der Waals surface area contributed by atoms with Crippen LogP contribution in [0.2, 0.25) is 0 Å². The first-order valence-corrected chi connectivity index (χ1v) is 4.74. The first kappa shape index (κ1) is 9.01. The lowest BCUT2D eigenvalue weighted by molar-refractivity contribution is 0.407. The van der Waals surface area contributed by atoms with Crippen LogP contribution in [0.3, 0.4) is 0 Å². The minimum absolute atomic E-state index is 0.588. The lowest BCUT2D eigenvalue weighted by atomic mass is 10.1. The van der Waals surface area contributed by atoms with Crippen molar-refractivity contribution in [2.45, 2.75) is 45.2 Å². The third-order valence-electron chi connectivity index (χ3n) is 2.56. The monoisotopic (exact) mass is 156 g/mol. The van der Waals surface area contributed by atoms with Crippen LogP contribution in [0.1, 0.15) is 33.1 Å². The van der Waals surface area contributed by atoms with Crippen molar-refractivity contribution in [3.8, 4) is 0 Å². The van der Waals surface area contributed by atoms with E-state index in [2.05, 4.69) is 19.2 Å². The Kier molecular flexibility index (Phi) is 3.34. The molecule has 1 fully saturated rings. The van der Waals surface area contributed by atoms with Crippen LogP contribution in [0, 0.1) is 5.92 Å². The van der Waals surface area contributed by atoms with Gasteiger partial charge in [-0.05, 0) is 32.1 Å². The second-order valence-electron chi connectivity index (χ2n) is 3.66. The Morgan fingerprint density at radius 2 is 2.18 bits per heavy atom. The van der Waals surface area contributed by atoms with Crippen LogP contribution in [0.25, 0.3) is 0 Å². The highest BCUT2D eigenvalue weighted by Gasteiger charge is 2.30. The molecule has 0 heterocycles. The summed E-state index contributed by atoms with van der Waals surface area (Å²) in [6, 6.07) is 1.22. The van der Waals surface area contributed by atoms with Crippen molar-refractivity contribution in [3.05, 3.63) is 0 Å². The Morgan fingerprint density at radius 3 is 2.55 bits per heavy atom. The van der Waals surface area contributed by atoms with Gasteiger partial charge < -0.3 is 11.1 Å². The largest absolute Gasteiger partial charge is 0.329 e. The molecule has 1 rings (SSSR count). The molecule has 2 nitrogen and oxygen atoms in total. The minimum Gasteiger partial charge on any atom is -0.329 e. The molecule has 0 saturated heterocycles. The average molecular weight is 156 g/mol. The highest BCUT2D eigenvalue weighted by atomic mass is 15.0. The lowest BCUT2D eigenvalue weighted by Crippen LogP contribution is -2.42. The van der Waals surface area contributed by atoms with E-state index in [-0.39, 0.29) is 0 Å². The van der Waals surface area contributed by atoms with Crippen LogP contribution < -0.4 is 11.1 Å². The molecule has 2 atom stereocenters. The van der Waals surface area contributed by atoms with Crippen molar-refractivity contribution in [2.24, 2.45) is 11.7 Å². The molecule has 0 bridgehead atoms. The van der Waals surface area contributed by atoms with Gasteiger partial charge in [0.25, 0.3) is 0 Å². The van der Waals surface area contributed by atoms with E-state index >= 15 is 0 Å². The van der Waals surface area contributed by atoms with Gasteiger partial charge >= 0.3 is 0 Å². The fraction of sp³-hybridized carbons (Fsp3) is 1.00. The minimum atomic E-state index is 0.588. The van der Waals surface area contributed by atoms with Crippen molar-refractivity contribution >= 4 is 0 Å². The van der Waals surface area contributed by atoms with E-state index in [0.717, 1.165) is 12.5 Å². The van der Waals surface area contributed by atoms with E-state index in [0.29, 0.717) is 12.1 Å². The average Bonchev–Trinajstić information content (AvgIpc) is 2.82. The molecule has 1 saturated carbocycles. The lowest BCUT2D eigenvalue weighted by Gasteiger charge is -2.20. The first-order valence-electron chi connectivity index (χ1n) is 4.74. The molecular weight excluding hydrogens is 136 g/mol. The molecule has 2 heteroatoms. The summed E-state index contributed by atoms with van der Waals surface area (Å²) >= 11 is 0. The maximum Gasteiger partial charge on any atom is 0.0220 e. The highest BCUT2D eigenvalue weighted by molar-refractivity contribution is 4.88. The van der Waals surface area contributed by atoms with Crippen LogP contribution in [0.4, 0.5) is 0 Å². The molecule has 0 radical (unpaired) electrons. The smallest absolute Gasteiger partial charge is 0.0220 e. The summed E-state index contributed by atoms with van der Waals surface area (Å²) in [6.07, 6.45) is 3.96. The third-order valence-corrected chi connectivity index (χ3v) is 2.56. The molecule has 2 unspecified atom stereocenters. The first-order chi connectivity index (χ1) is 5.27. The Labute approximate surface area is 69.5 Å². The van der Waals surface area contributed by atoms with Gasteiger partial charge in [-0.1, -0.05) is 6.92 Å². The molecule has 66 valence electrons. The molecule has 3 N–H and O–H groups in total. The number of nitrogens with two attached hydrogens (primary N) is 1. The summed E-state index contributed by atoms with van der Waals surface area (Å²) in [6.45, 7) is 5.23. The van der Waals surface area contributed by atoms with Gasteiger partial charge in [0.1, 0.15) is 0 Å². The van der Waals surface area contributed by atoms with Crippen molar-refractivity contribution in [1.29, 1.82) is 0 Å². The zero-order chi connectivity index (χ0) is 8.27. The highest BCUT2D eigenvalue weighted by Crippen LogP contribution is 2.32. The number of hydrogen-bond acceptors (Lipinski definition) is 2. The normalized spacial score (nSPS) is 23.2. The second-order valence-corrected chi connectivity index (χ2v) is 3.66. The number of nitrogens with one attached hydrogen (secondary N) is 1. The molecule has 0 amide bonds. The van der Waals surface area contributed by atoms with Gasteiger partial charge in [0.05, 0.1) is 0 Å². The Morgan fingerprint density at radius 1 is 1.55 bits per heavy atom. The Hall–Kier alpha value is -0.0800. The van der Waals surface area contributed by atoms with Crippen LogP contribution in [-0.4, -0.2) is 18.6 Å². The fourth-order valence-corrected chi connectivity index (χ4v) is 1.38. The maximum absolute atomic E-state index is 5.65. The summed E-state index contributed by atoms with van der Waals surface area (Å²) < 4.78 is 0. The topological polar surface area (TPSA) is 38.0 Å². The molecule has 11 heavy (non-hydrogen) atoms. The van der Waals surface area contributed by atoms with Crippen LogP contribution >= 0.6 is 0 Å². The van der Waals surface area contributed by atoms with Crippen LogP contribution in [-0.2, 0) is 0 Å². The van der Waals surface area contributed by atoms with Gasteiger partial charge in [-0.15, -0.1) is 0 Å². The fourth-order valence-electron chi connectivity index (χ4n) is 1.38. The van der Waals surface area contributed by atoms with Crippen molar-refractivity contribution in [1.82, 2.24) is 5.32 Å². The van der Waals surface area contributed by atoms with Gasteiger partial charge in [-0.25, -0.2) is 0 Å². The van der Waals surface area contributed by atoms with Gasteiger partial charge in [-0.3, -0.25) is 0 Å².